The molecule has 2 aromatic heterocycles. The summed E-state index contributed by atoms with van der Waals surface area (Å²) >= 11 is 0. The standard InChI is InChI=1S/C23H27F2N7O2/c24-16-2-1-3-17(25)19(16)30-23-29-18-12-27-22(28-14-8-10-34-11-9-14)31-21(18)32(23)15-6-4-13(5-7-15)20(26)33/h1-3,12-15H,4-11H2,(H2,26,33)(H,29,30)(H,27,28,31). The van der Waals surface area contributed by atoms with Crippen LogP contribution in [0.1, 0.15) is 44.6 Å². The lowest BCUT2D eigenvalue weighted by molar-refractivity contribution is -0.122. The van der Waals surface area contributed by atoms with E-state index in [-0.39, 0.29) is 35.5 Å². The molecule has 2 fully saturated rings. The third-order valence-electron chi connectivity index (χ3n) is 6.65. The number of benzene rings is 1. The number of nitrogens with one attached hydrogen (secondary N) is 2. The SMILES string of the molecule is NC(=O)C1CCC(n2c(Nc3c(F)cccc3F)nc3cnc(NC4CCOCC4)nc32)CC1. The van der Waals surface area contributed by atoms with Gasteiger partial charge in [-0.1, -0.05) is 6.07 Å². The Hall–Kier alpha value is -3.34. The van der Waals surface area contributed by atoms with Crippen LogP contribution in [0.3, 0.4) is 0 Å². The molecule has 0 radical (unpaired) electrons. The van der Waals surface area contributed by atoms with Crippen molar-refractivity contribution in [2.75, 3.05) is 23.8 Å². The molecule has 0 bridgehead atoms. The molecule has 5 rings (SSSR count). The second-order valence-corrected chi connectivity index (χ2v) is 8.87. The maximum atomic E-state index is 14.4. The van der Waals surface area contributed by atoms with Crippen LogP contribution in [0.25, 0.3) is 11.2 Å². The number of hydrogen-bond donors (Lipinski definition) is 3. The summed E-state index contributed by atoms with van der Waals surface area (Å²) in [5.74, 6) is -1.17. The predicted molar refractivity (Wildman–Crippen MR) is 123 cm³/mol. The number of imidazole rings is 1. The van der Waals surface area contributed by atoms with E-state index in [4.69, 9.17) is 15.5 Å². The van der Waals surface area contributed by atoms with Gasteiger partial charge in [-0.2, -0.15) is 4.98 Å². The maximum absolute atomic E-state index is 14.4. The van der Waals surface area contributed by atoms with Gasteiger partial charge in [0.25, 0.3) is 0 Å². The number of hydrogen-bond acceptors (Lipinski definition) is 7. The quantitative estimate of drug-likeness (QED) is 0.502. The van der Waals surface area contributed by atoms with E-state index in [1.165, 1.54) is 18.2 Å². The predicted octanol–water partition coefficient (Wildman–Crippen LogP) is 3.66. The van der Waals surface area contributed by atoms with Gasteiger partial charge in [0.1, 0.15) is 22.8 Å². The monoisotopic (exact) mass is 471 g/mol. The summed E-state index contributed by atoms with van der Waals surface area (Å²) in [6.45, 7) is 1.37. The van der Waals surface area contributed by atoms with Crippen LogP contribution in [0.2, 0.25) is 0 Å². The van der Waals surface area contributed by atoms with Gasteiger partial charge < -0.3 is 21.1 Å². The molecule has 0 unspecified atom stereocenters. The van der Waals surface area contributed by atoms with E-state index in [0.29, 0.717) is 56.0 Å². The number of amides is 1. The lowest BCUT2D eigenvalue weighted by atomic mass is 9.85. The van der Waals surface area contributed by atoms with Crippen LogP contribution in [0, 0.1) is 17.6 Å². The van der Waals surface area contributed by atoms with Crippen LogP contribution in [-0.4, -0.2) is 44.7 Å². The zero-order valence-corrected chi connectivity index (χ0v) is 18.6. The van der Waals surface area contributed by atoms with Gasteiger partial charge in [-0.05, 0) is 50.7 Å². The molecular formula is C23H27F2N7O2. The van der Waals surface area contributed by atoms with Crippen LogP contribution in [0.15, 0.2) is 24.4 Å². The summed E-state index contributed by atoms with van der Waals surface area (Å²) < 4.78 is 36.1. The van der Waals surface area contributed by atoms with Gasteiger partial charge in [0, 0.05) is 31.2 Å². The summed E-state index contributed by atoms with van der Waals surface area (Å²) in [5.41, 5.74) is 6.29. The van der Waals surface area contributed by atoms with Gasteiger partial charge in [-0.15, -0.1) is 0 Å². The van der Waals surface area contributed by atoms with Crippen LogP contribution in [-0.2, 0) is 9.53 Å². The van der Waals surface area contributed by atoms with Gasteiger partial charge in [0.05, 0.1) is 6.20 Å². The number of fused-ring (bicyclic) bond motifs is 1. The van der Waals surface area contributed by atoms with Crippen molar-refractivity contribution in [1.82, 2.24) is 19.5 Å². The van der Waals surface area contributed by atoms with Crippen molar-refractivity contribution in [3.63, 3.8) is 0 Å². The molecule has 1 aromatic carbocycles. The molecule has 2 aliphatic rings. The van der Waals surface area contributed by atoms with Crippen LogP contribution in [0.5, 0.6) is 0 Å². The van der Waals surface area contributed by atoms with E-state index in [2.05, 4.69) is 20.6 Å². The fourth-order valence-corrected chi connectivity index (χ4v) is 4.77. The lowest BCUT2D eigenvalue weighted by Gasteiger charge is -2.29. The lowest BCUT2D eigenvalue weighted by Crippen LogP contribution is -2.29. The van der Waals surface area contributed by atoms with E-state index >= 15 is 0 Å². The molecule has 3 heterocycles. The maximum Gasteiger partial charge on any atom is 0.224 e. The van der Waals surface area contributed by atoms with Crippen LogP contribution in [0.4, 0.5) is 26.4 Å². The largest absolute Gasteiger partial charge is 0.381 e. The molecule has 1 saturated heterocycles. The summed E-state index contributed by atoms with van der Waals surface area (Å²) in [4.78, 5) is 25.3. The third kappa shape index (κ3) is 4.52. The van der Waals surface area contributed by atoms with Gasteiger partial charge in [0.15, 0.2) is 5.65 Å². The van der Waals surface area contributed by atoms with Crippen molar-refractivity contribution in [2.24, 2.45) is 11.7 Å². The van der Waals surface area contributed by atoms with Gasteiger partial charge in [-0.25, -0.2) is 18.7 Å². The van der Waals surface area contributed by atoms with Gasteiger partial charge in [-0.3, -0.25) is 9.36 Å². The summed E-state index contributed by atoms with van der Waals surface area (Å²) in [6, 6.07) is 3.82. The molecule has 1 aliphatic carbocycles. The molecule has 0 spiro atoms. The number of rotatable bonds is 6. The number of aromatic nitrogens is 4. The van der Waals surface area contributed by atoms with Crippen molar-refractivity contribution in [3.8, 4) is 0 Å². The summed E-state index contributed by atoms with van der Waals surface area (Å²) in [7, 11) is 0. The van der Waals surface area contributed by atoms with Crippen molar-refractivity contribution >= 4 is 34.7 Å². The highest BCUT2D eigenvalue weighted by atomic mass is 19.1. The number of anilines is 3. The average Bonchev–Trinajstić information content (AvgIpc) is 3.19. The Morgan fingerprint density at radius 1 is 1.06 bits per heavy atom. The van der Waals surface area contributed by atoms with Crippen molar-refractivity contribution in [1.29, 1.82) is 0 Å². The minimum absolute atomic E-state index is 0.0660. The van der Waals surface area contributed by atoms with Crippen molar-refractivity contribution in [3.05, 3.63) is 36.0 Å². The smallest absolute Gasteiger partial charge is 0.224 e. The first kappa shape index (κ1) is 22.5. The van der Waals surface area contributed by atoms with E-state index in [1.54, 1.807) is 6.20 Å². The van der Waals surface area contributed by atoms with Crippen molar-refractivity contribution < 1.29 is 18.3 Å². The van der Waals surface area contributed by atoms with Crippen molar-refractivity contribution in [2.45, 2.75) is 50.6 Å². The number of halogens is 2. The van der Waals surface area contributed by atoms with Gasteiger partial charge in [0.2, 0.25) is 17.8 Å². The summed E-state index contributed by atoms with van der Waals surface area (Å²) in [6.07, 6.45) is 5.92. The van der Waals surface area contributed by atoms with E-state index in [1.807, 2.05) is 4.57 Å². The molecule has 34 heavy (non-hydrogen) atoms. The molecule has 11 heteroatoms. The van der Waals surface area contributed by atoms with E-state index in [0.717, 1.165) is 12.8 Å². The van der Waals surface area contributed by atoms with Crippen LogP contribution >= 0.6 is 0 Å². The highest BCUT2D eigenvalue weighted by Crippen LogP contribution is 2.37. The van der Waals surface area contributed by atoms with Crippen LogP contribution < -0.4 is 16.4 Å². The Morgan fingerprint density at radius 3 is 2.44 bits per heavy atom. The molecule has 180 valence electrons. The Labute approximate surface area is 195 Å². The van der Waals surface area contributed by atoms with Gasteiger partial charge >= 0.3 is 0 Å². The minimum atomic E-state index is -0.719. The Balaban J connectivity index is 1.52. The number of carbonyl (C=O) groups is 1. The Bertz CT molecular complexity index is 1170. The first-order valence-corrected chi connectivity index (χ1v) is 11.6. The number of nitrogens with zero attached hydrogens (tertiary/aromatic N) is 4. The summed E-state index contributed by atoms with van der Waals surface area (Å²) in [5, 5.41) is 6.19. The molecule has 1 saturated carbocycles. The fraction of sp³-hybridized carbons (Fsp3) is 0.478. The minimum Gasteiger partial charge on any atom is -0.381 e. The molecule has 3 aromatic rings. The number of para-hydroxylation sites is 1. The number of primary amides is 1. The highest BCUT2D eigenvalue weighted by Gasteiger charge is 2.29. The number of ether oxygens (including phenoxy) is 1. The highest BCUT2D eigenvalue weighted by molar-refractivity contribution is 5.78. The van der Waals surface area contributed by atoms with E-state index < -0.39 is 11.6 Å². The molecule has 9 nitrogen and oxygen atoms in total. The second-order valence-electron chi connectivity index (χ2n) is 8.87. The Kier molecular flexibility index (Phi) is 6.27. The second kappa shape index (κ2) is 9.49. The topological polar surface area (TPSA) is 120 Å². The first-order chi connectivity index (χ1) is 16.5. The zero-order chi connectivity index (χ0) is 23.7. The fourth-order valence-electron chi connectivity index (χ4n) is 4.77. The molecule has 4 N–H and O–H groups in total. The Morgan fingerprint density at radius 2 is 1.76 bits per heavy atom. The molecule has 1 aliphatic heterocycles. The zero-order valence-electron chi connectivity index (χ0n) is 18.6. The molecule has 1 amide bonds. The number of nitrogens with two attached hydrogens (primary N) is 1. The average molecular weight is 472 g/mol. The number of carbonyl (C=O) groups excluding carboxylic acids is 1. The third-order valence-corrected chi connectivity index (χ3v) is 6.65. The first-order valence-electron chi connectivity index (χ1n) is 11.6. The van der Waals surface area contributed by atoms with E-state index in [9.17, 15) is 13.6 Å². The normalized spacial score (nSPS) is 21.5. The molecular weight excluding hydrogens is 444 g/mol. The molecule has 0 atom stereocenters.